The topological polar surface area (TPSA) is 56.8 Å². The molecule has 0 saturated heterocycles. The van der Waals surface area contributed by atoms with Crippen molar-refractivity contribution < 1.29 is 19.0 Å². The van der Waals surface area contributed by atoms with Crippen LogP contribution in [0.15, 0.2) is 18.2 Å². The fourth-order valence-electron chi connectivity index (χ4n) is 1.44. The van der Waals surface area contributed by atoms with Gasteiger partial charge in [0, 0.05) is 0 Å². The molecule has 1 aromatic rings. The van der Waals surface area contributed by atoms with Gasteiger partial charge in [0.15, 0.2) is 11.5 Å². The molecular formula is C12H17NO4. The van der Waals surface area contributed by atoms with Gasteiger partial charge in [-0.1, -0.05) is 6.07 Å². The largest absolute Gasteiger partial charge is 0.493 e. The maximum absolute atomic E-state index is 11.1. The summed E-state index contributed by atoms with van der Waals surface area (Å²) >= 11 is 0. The normalized spacial score (nSPS) is 11.5. The van der Waals surface area contributed by atoms with E-state index >= 15 is 0 Å². The maximum Gasteiger partial charge on any atom is 0.407 e. The average Bonchev–Trinajstić information content (AvgIpc) is 2.37. The van der Waals surface area contributed by atoms with Crippen molar-refractivity contribution in [3.63, 3.8) is 0 Å². The second-order valence-electron chi connectivity index (χ2n) is 3.47. The molecule has 0 aromatic heterocycles. The lowest BCUT2D eigenvalue weighted by molar-refractivity contribution is 0.167. The number of rotatable bonds is 4. The first-order chi connectivity index (χ1) is 8.12. The Kier molecular flexibility index (Phi) is 4.63. The van der Waals surface area contributed by atoms with Gasteiger partial charge in [-0.2, -0.15) is 0 Å². The molecule has 0 bridgehead atoms. The molecule has 0 aliphatic rings. The molecule has 94 valence electrons. The van der Waals surface area contributed by atoms with Crippen molar-refractivity contribution in [3.8, 4) is 11.5 Å². The summed E-state index contributed by atoms with van der Waals surface area (Å²) in [7, 11) is 4.48. The Bertz CT molecular complexity index is 392. The van der Waals surface area contributed by atoms with Crippen molar-refractivity contribution in [2.45, 2.75) is 13.0 Å². The van der Waals surface area contributed by atoms with Crippen LogP contribution in [0, 0.1) is 0 Å². The zero-order valence-corrected chi connectivity index (χ0v) is 10.4. The number of carbonyl (C=O) groups excluding carboxylic acids is 1. The Morgan fingerprint density at radius 3 is 2.35 bits per heavy atom. The Morgan fingerprint density at radius 1 is 1.18 bits per heavy atom. The van der Waals surface area contributed by atoms with Gasteiger partial charge >= 0.3 is 6.09 Å². The molecule has 1 rings (SSSR count). The van der Waals surface area contributed by atoms with Gasteiger partial charge in [-0.15, -0.1) is 0 Å². The average molecular weight is 239 g/mol. The summed E-state index contributed by atoms with van der Waals surface area (Å²) in [5.74, 6) is 1.28. The lowest BCUT2D eigenvalue weighted by Gasteiger charge is -2.15. The van der Waals surface area contributed by atoms with E-state index in [1.807, 2.05) is 19.1 Å². The molecule has 0 aliphatic carbocycles. The summed E-state index contributed by atoms with van der Waals surface area (Å²) in [6.07, 6.45) is -0.465. The highest BCUT2D eigenvalue weighted by atomic mass is 16.5. The molecule has 1 amide bonds. The molecule has 1 unspecified atom stereocenters. The summed E-state index contributed by atoms with van der Waals surface area (Å²) in [6.45, 7) is 1.86. The van der Waals surface area contributed by atoms with Gasteiger partial charge in [-0.05, 0) is 24.6 Å². The van der Waals surface area contributed by atoms with Crippen LogP contribution in [0.5, 0.6) is 11.5 Å². The monoisotopic (exact) mass is 239 g/mol. The Labute approximate surface area is 101 Å². The van der Waals surface area contributed by atoms with Gasteiger partial charge in [0.05, 0.1) is 27.4 Å². The molecule has 17 heavy (non-hydrogen) atoms. The van der Waals surface area contributed by atoms with Crippen molar-refractivity contribution in [3.05, 3.63) is 23.8 Å². The highest BCUT2D eigenvalue weighted by molar-refractivity contribution is 5.67. The van der Waals surface area contributed by atoms with Gasteiger partial charge in [-0.25, -0.2) is 4.79 Å². The molecule has 0 spiro atoms. The van der Waals surface area contributed by atoms with Crippen LogP contribution in [0.25, 0.3) is 0 Å². The predicted octanol–water partition coefficient (Wildman–Crippen LogP) is 2.12. The van der Waals surface area contributed by atoms with Crippen molar-refractivity contribution in [1.82, 2.24) is 5.32 Å². The molecule has 0 radical (unpaired) electrons. The molecule has 0 heterocycles. The first-order valence-electron chi connectivity index (χ1n) is 5.18. The minimum Gasteiger partial charge on any atom is -0.493 e. The molecule has 1 aromatic carbocycles. The zero-order valence-electron chi connectivity index (χ0n) is 10.4. The molecule has 1 atom stereocenters. The van der Waals surface area contributed by atoms with E-state index in [1.54, 1.807) is 20.3 Å². The molecule has 0 fully saturated rings. The van der Waals surface area contributed by atoms with Gasteiger partial charge < -0.3 is 19.5 Å². The number of hydrogen-bond acceptors (Lipinski definition) is 4. The van der Waals surface area contributed by atoms with Crippen LogP contribution >= 0.6 is 0 Å². The number of nitrogens with one attached hydrogen (secondary N) is 1. The van der Waals surface area contributed by atoms with Crippen LogP contribution in [-0.4, -0.2) is 27.4 Å². The van der Waals surface area contributed by atoms with Crippen molar-refractivity contribution >= 4 is 6.09 Å². The molecule has 5 nitrogen and oxygen atoms in total. The summed E-state index contributed by atoms with van der Waals surface area (Å²) in [6, 6.07) is 5.31. The number of alkyl carbamates (subject to hydrolysis) is 1. The summed E-state index contributed by atoms with van der Waals surface area (Å²) < 4.78 is 14.9. The van der Waals surface area contributed by atoms with Gasteiger partial charge in [0.2, 0.25) is 0 Å². The Morgan fingerprint density at radius 2 is 1.82 bits per heavy atom. The lowest BCUT2D eigenvalue weighted by atomic mass is 10.1. The summed E-state index contributed by atoms with van der Waals surface area (Å²) in [5, 5.41) is 2.68. The minimum absolute atomic E-state index is 0.165. The van der Waals surface area contributed by atoms with Crippen LogP contribution in [0.2, 0.25) is 0 Å². The van der Waals surface area contributed by atoms with E-state index in [0.717, 1.165) is 5.56 Å². The quantitative estimate of drug-likeness (QED) is 0.874. The third kappa shape index (κ3) is 3.27. The Balaban J connectivity index is 2.87. The fraction of sp³-hybridized carbons (Fsp3) is 0.417. The summed E-state index contributed by atoms with van der Waals surface area (Å²) in [5.41, 5.74) is 0.910. The standard InChI is InChI=1S/C12H17NO4/c1-8(13-12(14)17-4)9-5-6-10(15-2)11(7-9)16-3/h5-8H,1-4H3,(H,13,14). The third-order valence-electron chi connectivity index (χ3n) is 2.43. The number of hydrogen-bond donors (Lipinski definition) is 1. The smallest absolute Gasteiger partial charge is 0.407 e. The zero-order chi connectivity index (χ0) is 12.8. The number of amides is 1. The second kappa shape index (κ2) is 5.98. The highest BCUT2D eigenvalue weighted by Gasteiger charge is 2.12. The predicted molar refractivity (Wildman–Crippen MR) is 63.5 cm³/mol. The van der Waals surface area contributed by atoms with E-state index in [9.17, 15) is 4.79 Å². The van der Waals surface area contributed by atoms with Crippen LogP contribution < -0.4 is 14.8 Å². The number of carbonyl (C=O) groups is 1. The van der Waals surface area contributed by atoms with Crippen LogP contribution in [-0.2, 0) is 4.74 Å². The van der Waals surface area contributed by atoms with Crippen LogP contribution in [0.1, 0.15) is 18.5 Å². The Hall–Kier alpha value is -1.91. The maximum atomic E-state index is 11.1. The number of benzene rings is 1. The van der Waals surface area contributed by atoms with Crippen molar-refractivity contribution in [2.75, 3.05) is 21.3 Å². The van der Waals surface area contributed by atoms with Crippen LogP contribution in [0.3, 0.4) is 0 Å². The molecule has 0 saturated carbocycles. The molecular weight excluding hydrogens is 222 g/mol. The van der Waals surface area contributed by atoms with E-state index < -0.39 is 6.09 Å². The van der Waals surface area contributed by atoms with E-state index in [2.05, 4.69) is 10.1 Å². The SMILES string of the molecule is COC(=O)NC(C)c1ccc(OC)c(OC)c1. The molecule has 5 heteroatoms. The van der Waals surface area contributed by atoms with Crippen molar-refractivity contribution in [2.24, 2.45) is 0 Å². The number of methoxy groups -OCH3 is 3. The van der Waals surface area contributed by atoms with Gasteiger partial charge in [-0.3, -0.25) is 0 Å². The highest BCUT2D eigenvalue weighted by Crippen LogP contribution is 2.29. The van der Waals surface area contributed by atoms with E-state index in [4.69, 9.17) is 9.47 Å². The third-order valence-corrected chi connectivity index (χ3v) is 2.43. The van der Waals surface area contributed by atoms with Crippen LogP contribution in [0.4, 0.5) is 4.79 Å². The lowest BCUT2D eigenvalue weighted by Crippen LogP contribution is -2.26. The summed E-state index contributed by atoms with van der Waals surface area (Å²) in [4.78, 5) is 11.1. The van der Waals surface area contributed by atoms with Crippen molar-refractivity contribution in [1.29, 1.82) is 0 Å². The fourth-order valence-corrected chi connectivity index (χ4v) is 1.44. The van der Waals surface area contributed by atoms with E-state index in [1.165, 1.54) is 7.11 Å². The molecule has 1 N–H and O–H groups in total. The molecule has 0 aliphatic heterocycles. The van der Waals surface area contributed by atoms with Gasteiger partial charge in [0.1, 0.15) is 0 Å². The van der Waals surface area contributed by atoms with E-state index in [-0.39, 0.29) is 6.04 Å². The minimum atomic E-state index is -0.465. The second-order valence-corrected chi connectivity index (χ2v) is 3.47. The first kappa shape index (κ1) is 13.2. The number of ether oxygens (including phenoxy) is 3. The van der Waals surface area contributed by atoms with Gasteiger partial charge in [0.25, 0.3) is 0 Å². The van der Waals surface area contributed by atoms with E-state index in [0.29, 0.717) is 11.5 Å². The first-order valence-corrected chi connectivity index (χ1v) is 5.18.